The monoisotopic (exact) mass is 601 g/mol. The van der Waals surface area contributed by atoms with Crippen LogP contribution in [0, 0.1) is 5.82 Å². The number of hydrogen-bond acceptors (Lipinski definition) is 8. The molecular weight excluding hydrogens is 563 g/mol. The number of alkyl halides is 2. The number of morpholine rings is 1. The number of anilines is 3. The van der Waals surface area contributed by atoms with Crippen molar-refractivity contribution in [1.29, 1.82) is 0 Å². The van der Waals surface area contributed by atoms with Crippen LogP contribution in [-0.4, -0.2) is 91.6 Å². The average molecular weight is 602 g/mol. The van der Waals surface area contributed by atoms with Gasteiger partial charge in [-0.15, -0.1) is 0 Å². The molecule has 3 atom stereocenters. The first-order valence-electron chi connectivity index (χ1n) is 14.2. The summed E-state index contributed by atoms with van der Waals surface area (Å²) in [5.41, 5.74) is 0.164. The lowest BCUT2D eigenvalue weighted by Gasteiger charge is -2.39. The maximum absolute atomic E-state index is 15.8. The fourth-order valence-electron chi connectivity index (χ4n) is 5.36. The number of likely N-dealkylation sites (N-methyl/N-ethyl adjacent to an activating group) is 1. The highest BCUT2D eigenvalue weighted by Gasteiger charge is 2.28. The lowest BCUT2D eigenvalue weighted by Crippen LogP contribution is -2.50. The fraction of sp³-hybridized carbons (Fsp3) is 0.467. The van der Waals surface area contributed by atoms with Gasteiger partial charge in [-0.2, -0.15) is 0 Å². The fourth-order valence-corrected chi connectivity index (χ4v) is 5.36. The van der Waals surface area contributed by atoms with Crippen molar-refractivity contribution in [2.45, 2.75) is 52.4 Å². The van der Waals surface area contributed by atoms with Crippen molar-refractivity contribution in [2.75, 3.05) is 54.9 Å². The van der Waals surface area contributed by atoms with E-state index < -0.39 is 29.3 Å². The Balaban J connectivity index is 1.72. The lowest BCUT2D eigenvalue weighted by molar-refractivity contribution is -0.112. The van der Waals surface area contributed by atoms with Gasteiger partial charge >= 0.3 is 0 Å². The van der Waals surface area contributed by atoms with Gasteiger partial charge in [-0.05, 0) is 46.9 Å². The van der Waals surface area contributed by atoms with Gasteiger partial charge in [0.25, 0.3) is 12.3 Å². The highest BCUT2D eigenvalue weighted by molar-refractivity contribution is 6.09. The van der Waals surface area contributed by atoms with E-state index in [9.17, 15) is 18.4 Å². The predicted molar refractivity (Wildman–Crippen MR) is 160 cm³/mol. The zero-order valence-corrected chi connectivity index (χ0v) is 25.0. The molecule has 2 amide bonds. The van der Waals surface area contributed by atoms with Crippen molar-refractivity contribution in [1.82, 2.24) is 20.2 Å². The van der Waals surface area contributed by atoms with E-state index in [1.807, 2.05) is 37.6 Å². The van der Waals surface area contributed by atoms with Crippen LogP contribution < -0.4 is 20.4 Å². The molecule has 4 rings (SSSR count). The molecule has 43 heavy (non-hydrogen) atoms. The maximum atomic E-state index is 15.8. The van der Waals surface area contributed by atoms with Crippen LogP contribution in [0.2, 0.25) is 0 Å². The third kappa shape index (κ3) is 7.52. The highest BCUT2D eigenvalue weighted by atomic mass is 19.3. The minimum Gasteiger partial charge on any atom is -0.372 e. The molecule has 0 saturated carbocycles. The average Bonchev–Trinajstić information content (AvgIpc) is 2.96. The number of hydrogen-bond donors (Lipinski definition) is 2. The van der Waals surface area contributed by atoms with Crippen molar-refractivity contribution < 1.29 is 27.5 Å². The highest BCUT2D eigenvalue weighted by Crippen LogP contribution is 2.36. The molecule has 232 valence electrons. The van der Waals surface area contributed by atoms with Crippen molar-refractivity contribution in [3.05, 3.63) is 53.8 Å². The van der Waals surface area contributed by atoms with E-state index in [0.717, 1.165) is 12.3 Å². The number of allylic oxidation sites excluding steroid dienone is 1. The van der Waals surface area contributed by atoms with Gasteiger partial charge in [0.05, 0.1) is 29.2 Å². The number of nitrogens with one attached hydrogen (secondary N) is 2. The Labute approximate surface area is 249 Å². The second-order valence-corrected chi connectivity index (χ2v) is 10.9. The van der Waals surface area contributed by atoms with Crippen LogP contribution in [0.15, 0.2) is 47.9 Å². The summed E-state index contributed by atoms with van der Waals surface area (Å²) in [6, 6.07) is 2.94. The molecule has 0 spiro atoms. The summed E-state index contributed by atoms with van der Waals surface area (Å²) in [5.74, 6) is -0.943. The Morgan fingerprint density at radius 2 is 1.74 bits per heavy atom. The summed E-state index contributed by atoms with van der Waals surface area (Å²) in [6.07, 6.45) is 2.39. The zero-order valence-electron chi connectivity index (χ0n) is 25.0. The van der Waals surface area contributed by atoms with Crippen LogP contribution in [0.5, 0.6) is 0 Å². The molecule has 0 bridgehead atoms. The summed E-state index contributed by atoms with van der Waals surface area (Å²) < 4.78 is 49.1. The number of carbonyl (C=O) groups excluding carboxylic acids is 2. The van der Waals surface area contributed by atoms with Gasteiger partial charge in [0.1, 0.15) is 5.82 Å². The van der Waals surface area contributed by atoms with Gasteiger partial charge in [-0.3, -0.25) is 9.59 Å². The zero-order chi connectivity index (χ0) is 31.3. The van der Waals surface area contributed by atoms with Gasteiger partial charge in [-0.25, -0.2) is 23.1 Å². The van der Waals surface area contributed by atoms with Crippen LogP contribution >= 0.6 is 0 Å². The van der Waals surface area contributed by atoms with Crippen molar-refractivity contribution in [3.63, 3.8) is 0 Å². The molecule has 0 radical (unpaired) electrons. The number of halogens is 3. The summed E-state index contributed by atoms with van der Waals surface area (Å²) in [5, 5.41) is 4.88. The number of ether oxygens (including phenoxy) is 1. The largest absolute Gasteiger partial charge is 0.372 e. The Morgan fingerprint density at radius 3 is 2.33 bits per heavy atom. The number of rotatable bonds is 9. The Kier molecular flexibility index (Phi) is 10.4. The lowest BCUT2D eigenvalue weighted by atomic mass is 10.0. The third-order valence-corrected chi connectivity index (χ3v) is 7.68. The molecule has 2 aliphatic heterocycles. The molecule has 2 N–H and O–H groups in total. The SMILES string of the molecule is C/C=C(\C(=C/NC=O)C(=O)Nc1cc(-c2cnc(N3CC(C)OC(C)C3)nc2)c(F)cc1N1CCN(C)C(C)C1)C(F)F. The van der Waals surface area contributed by atoms with Crippen LogP contribution in [-0.2, 0) is 14.3 Å². The van der Waals surface area contributed by atoms with Gasteiger partial charge in [0.2, 0.25) is 12.4 Å². The van der Waals surface area contributed by atoms with Crippen molar-refractivity contribution in [3.8, 4) is 11.1 Å². The van der Waals surface area contributed by atoms with Gasteiger partial charge < -0.3 is 30.1 Å². The Hall–Kier alpha value is -3.97. The molecule has 1 aromatic carbocycles. The molecule has 10 nitrogen and oxygen atoms in total. The van der Waals surface area contributed by atoms with E-state index in [-0.39, 0.29) is 35.9 Å². The number of amides is 2. The minimum absolute atomic E-state index is 0.00860. The predicted octanol–water partition coefficient (Wildman–Crippen LogP) is 3.82. The van der Waals surface area contributed by atoms with Gasteiger partial charge in [0.15, 0.2) is 0 Å². The summed E-state index contributed by atoms with van der Waals surface area (Å²) in [4.78, 5) is 39.4. The molecule has 2 saturated heterocycles. The molecule has 3 unspecified atom stereocenters. The van der Waals surface area contributed by atoms with E-state index in [1.54, 1.807) is 0 Å². The second-order valence-electron chi connectivity index (χ2n) is 10.9. The number of carbonyl (C=O) groups is 2. The first kappa shape index (κ1) is 32.0. The van der Waals surface area contributed by atoms with Crippen LogP contribution in [0.4, 0.5) is 30.5 Å². The quantitative estimate of drug-likeness (QED) is 0.254. The first-order valence-corrected chi connectivity index (χ1v) is 14.2. The van der Waals surface area contributed by atoms with Crippen LogP contribution in [0.1, 0.15) is 27.7 Å². The van der Waals surface area contributed by atoms with Crippen LogP contribution in [0.3, 0.4) is 0 Å². The number of piperazine rings is 1. The van der Waals surface area contributed by atoms with Crippen molar-refractivity contribution >= 4 is 29.6 Å². The van der Waals surface area contributed by atoms with E-state index in [4.69, 9.17) is 4.74 Å². The van der Waals surface area contributed by atoms with Gasteiger partial charge in [-0.1, -0.05) is 6.08 Å². The summed E-state index contributed by atoms with van der Waals surface area (Å²) in [7, 11) is 2.00. The van der Waals surface area contributed by atoms with E-state index >= 15 is 4.39 Å². The van der Waals surface area contributed by atoms with E-state index in [1.165, 1.54) is 31.5 Å². The molecule has 0 aliphatic carbocycles. The van der Waals surface area contributed by atoms with Gasteiger partial charge in [0, 0.05) is 74.1 Å². The molecule has 3 heterocycles. The first-order chi connectivity index (χ1) is 20.5. The topological polar surface area (TPSA) is 103 Å². The second kappa shape index (κ2) is 14.0. The Morgan fingerprint density at radius 1 is 1.07 bits per heavy atom. The standard InChI is InChI=1S/C30H38F3N7O3/c1-6-22(28(32)33)24(13-34-17-41)29(42)37-26-9-23(25(31)10-27(26)39-8-7-38(5)18(2)14-39)21-11-35-30(36-12-21)40-15-19(3)43-20(4)16-40/h6,9-13,17-20,28H,7-8,14-16H2,1-5H3,(H,34,41)(H,37,42)/b22-6+,24-13+. The summed E-state index contributed by atoms with van der Waals surface area (Å²) in [6.45, 7) is 10.4. The number of benzene rings is 1. The smallest absolute Gasteiger partial charge is 0.264 e. The number of nitrogens with zero attached hydrogens (tertiary/aromatic N) is 5. The molecule has 2 fully saturated rings. The maximum Gasteiger partial charge on any atom is 0.264 e. The minimum atomic E-state index is -2.97. The van der Waals surface area contributed by atoms with E-state index in [0.29, 0.717) is 49.9 Å². The Bertz CT molecular complexity index is 1360. The van der Waals surface area contributed by atoms with Crippen molar-refractivity contribution in [2.24, 2.45) is 0 Å². The molecule has 2 aliphatic rings. The normalized spacial score (nSPS) is 22.1. The number of aromatic nitrogens is 2. The molecule has 1 aromatic heterocycles. The van der Waals surface area contributed by atoms with Crippen LogP contribution in [0.25, 0.3) is 11.1 Å². The molecule has 2 aromatic rings. The van der Waals surface area contributed by atoms with E-state index in [2.05, 4.69) is 25.5 Å². The molecular formula is C30H38F3N7O3. The molecule has 13 heteroatoms. The third-order valence-electron chi connectivity index (χ3n) is 7.68. The summed E-state index contributed by atoms with van der Waals surface area (Å²) >= 11 is 0.